The SMILES string of the molecule is CC(C)[C@@H]1CC[C@@]2(C)C[C@H]3[C@@H](C)CC[C@@H]3[C@](C)(O)CC=C12. The monoisotopic (exact) mass is 290 g/mol. The summed E-state index contributed by atoms with van der Waals surface area (Å²) in [5, 5.41) is 11.1. The van der Waals surface area contributed by atoms with Gasteiger partial charge in [-0.25, -0.2) is 0 Å². The van der Waals surface area contributed by atoms with Gasteiger partial charge in [0.05, 0.1) is 5.60 Å². The second kappa shape index (κ2) is 5.11. The van der Waals surface area contributed by atoms with E-state index in [1.165, 1.54) is 32.1 Å². The van der Waals surface area contributed by atoms with Gasteiger partial charge in [0.2, 0.25) is 0 Å². The molecule has 3 aliphatic carbocycles. The largest absolute Gasteiger partial charge is 0.390 e. The number of fused-ring (bicyclic) bond motifs is 2. The molecule has 0 bridgehead atoms. The fraction of sp³-hybridized carbons (Fsp3) is 0.900. The van der Waals surface area contributed by atoms with Crippen LogP contribution in [0.4, 0.5) is 0 Å². The smallest absolute Gasteiger partial charge is 0.0684 e. The van der Waals surface area contributed by atoms with E-state index in [4.69, 9.17) is 0 Å². The first-order chi connectivity index (χ1) is 9.74. The zero-order valence-electron chi connectivity index (χ0n) is 14.7. The first-order valence-corrected chi connectivity index (χ1v) is 9.17. The highest BCUT2D eigenvalue weighted by Crippen LogP contribution is 2.58. The van der Waals surface area contributed by atoms with Crippen molar-refractivity contribution in [1.82, 2.24) is 0 Å². The van der Waals surface area contributed by atoms with Gasteiger partial charge in [-0.05, 0) is 74.0 Å². The van der Waals surface area contributed by atoms with Crippen molar-refractivity contribution in [1.29, 1.82) is 0 Å². The van der Waals surface area contributed by atoms with Crippen molar-refractivity contribution in [2.24, 2.45) is 35.0 Å². The van der Waals surface area contributed by atoms with E-state index in [2.05, 4.69) is 40.7 Å². The van der Waals surface area contributed by atoms with Crippen LogP contribution in [0, 0.1) is 35.0 Å². The standard InChI is InChI=1S/C20H34O/c1-13(2)15-8-10-19(4)12-16-14(3)6-7-18(16)20(5,21)11-9-17(15)19/h9,13-16,18,21H,6-8,10-12H2,1-5H3/t14-,15-,16-,18-,19-,20+/m0/s1. The summed E-state index contributed by atoms with van der Waals surface area (Å²) in [6, 6.07) is 0. The highest BCUT2D eigenvalue weighted by Gasteiger charge is 2.51. The van der Waals surface area contributed by atoms with Gasteiger partial charge in [0, 0.05) is 0 Å². The number of hydrogen-bond acceptors (Lipinski definition) is 1. The lowest BCUT2D eigenvalue weighted by Gasteiger charge is -2.43. The normalized spacial score (nSPS) is 50.3. The van der Waals surface area contributed by atoms with E-state index < -0.39 is 5.60 Å². The quantitative estimate of drug-likeness (QED) is 0.659. The van der Waals surface area contributed by atoms with Gasteiger partial charge in [0.15, 0.2) is 0 Å². The number of hydrogen-bond donors (Lipinski definition) is 1. The van der Waals surface area contributed by atoms with E-state index in [1.54, 1.807) is 5.57 Å². The van der Waals surface area contributed by atoms with Crippen molar-refractivity contribution < 1.29 is 5.11 Å². The Morgan fingerprint density at radius 2 is 1.90 bits per heavy atom. The van der Waals surface area contributed by atoms with Crippen molar-refractivity contribution in [3.63, 3.8) is 0 Å². The van der Waals surface area contributed by atoms with E-state index in [0.29, 0.717) is 11.3 Å². The van der Waals surface area contributed by atoms with Gasteiger partial charge in [-0.1, -0.05) is 45.8 Å². The third-order valence-corrected chi connectivity index (χ3v) is 7.31. The van der Waals surface area contributed by atoms with Crippen LogP contribution in [0.2, 0.25) is 0 Å². The van der Waals surface area contributed by atoms with Gasteiger partial charge >= 0.3 is 0 Å². The van der Waals surface area contributed by atoms with Crippen molar-refractivity contribution in [2.45, 2.75) is 78.7 Å². The minimum absolute atomic E-state index is 0.410. The molecule has 0 unspecified atom stereocenters. The molecule has 0 amide bonds. The summed E-state index contributed by atoms with van der Waals surface area (Å²) in [6.45, 7) is 11.8. The molecular weight excluding hydrogens is 256 g/mol. The summed E-state index contributed by atoms with van der Waals surface area (Å²) < 4.78 is 0. The minimum atomic E-state index is -0.492. The molecule has 1 nitrogen and oxygen atoms in total. The summed E-state index contributed by atoms with van der Waals surface area (Å²) in [7, 11) is 0. The van der Waals surface area contributed by atoms with Crippen molar-refractivity contribution in [3.05, 3.63) is 11.6 Å². The third-order valence-electron chi connectivity index (χ3n) is 7.31. The fourth-order valence-electron chi connectivity index (χ4n) is 5.90. The highest BCUT2D eigenvalue weighted by atomic mass is 16.3. The molecule has 21 heavy (non-hydrogen) atoms. The van der Waals surface area contributed by atoms with Gasteiger partial charge < -0.3 is 5.11 Å². The van der Waals surface area contributed by atoms with Crippen molar-refractivity contribution >= 4 is 0 Å². The minimum Gasteiger partial charge on any atom is -0.390 e. The lowest BCUT2D eigenvalue weighted by molar-refractivity contribution is -0.0293. The zero-order valence-corrected chi connectivity index (χ0v) is 14.7. The van der Waals surface area contributed by atoms with Crippen LogP contribution in [0.25, 0.3) is 0 Å². The molecule has 0 heterocycles. The number of aliphatic hydroxyl groups is 1. The summed E-state index contributed by atoms with van der Waals surface area (Å²) in [6.07, 6.45) is 9.89. The molecule has 0 spiro atoms. The molecule has 0 aliphatic heterocycles. The molecule has 0 radical (unpaired) electrons. The van der Waals surface area contributed by atoms with Gasteiger partial charge in [-0.15, -0.1) is 0 Å². The second-order valence-corrected chi connectivity index (χ2v) is 9.20. The Balaban J connectivity index is 1.98. The molecular formula is C20H34O. The maximum absolute atomic E-state index is 11.1. The van der Waals surface area contributed by atoms with Crippen LogP contribution in [-0.2, 0) is 0 Å². The molecule has 3 rings (SSSR count). The van der Waals surface area contributed by atoms with Gasteiger partial charge in [-0.2, -0.15) is 0 Å². The molecule has 2 fully saturated rings. The van der Waals surface area contributed by atoms with Crippen LogP contribution in [0.15, 0.2) is 11.6 Å². The molecule has 2 saturated carbocycles. The van der Waals surface area contributed by atoms with E-state index >= 15 is 0 Å². The number of rotatable bonds is 1. The predicted molar refractivity (Wildman–Crippen MR) is 89.0 cm³/mol. The molecule has 6 atom stereocenters. The summed E-state index contributed by atoms with van der Waals surface area (Å²) >= 11 is 0. The molecule has 120 valence electrons. The molecule has 0 aromatic heterocycles. The number of allylic oxidation sites excluding steroid dienone is 1. The van der Waals surface area contributed by atoms with E-state index in [9.17, 15) is 5.11 Å². The molecule has 0 aromatic carbocycles. The molecule has 1 N–H and O–H groups in total. The van der Waals surface area contributed by atoms with Crippen LogP contribution in [0.5, 0.6) is 0 Å². The zero-order chi connectivity index (χ0) is 15.4. The van der Waals surface area contributed by atoms with Gasteiger partial charge in [-0.3, -0.25) is 0 Å². The van der Waals surface area contributed by atoms with Crippen molar-refractivity contribution in [3.8, 4) is 0 Å². The van der Waals surface area contributed by atoms with Crippen LogP contribution >= 0.6 is 0 Å². The predicted octanol–water partition coefficient (Wildman–Crippen LogP) is 5.19. The Labute approximate surface area is 131 Å². The molecule has 1 heteroatoms. The topological polar surface area (TPSA) is 20.2 Å². The average Bonchev–Trinajstić information content (AvgIpc) is 2.89. The first-order valence-electron chi connectivity index (χ1n) is 9.17. The average molecular weight is 290 g/mol. The Bertz CT molecular complexity index is 433. The summed E-state index contributed by atoms with van der Waals surface area (Å²) in [5.74, 6) is 3.51. The van der Waals surface area contributed by atoms with Crippen LogP contribution in [0.1, 0.15) is 73.1 Å². The first kappa shape index (κ1) is 15.6. The van der Waals surface area contributed by atoms with E-state index in [0.717, 1.165) is 30.1 Å². The van der Waals surface area contributed by atoms with Crippen LogP contribution in [0.3, 0.4) is 0 Å². The van der Waals surface area contributed by atoms with Crippen LogP contribution < -0.4 is 0 Å². The Morgan fingerprint density at radius 3 is 2.57 bits per heavy atom. The van der Waals surface area contributed by atoms with Gasteiger partial charge in [0.1, 0.15) is 0 Å². The third kappa shape index (κ3) is 2.50. The molecule has 0 aromatic rings. The Kier molecular flexibility index (Phi) is 3.80. The van der Waals surface area contributed by atoms with E-state index in [1.807, 2.05) is 0 Å². The summed E-state index contributed by atoms with van der Waals surface area (Å²) in [4.78, 5) is 0. The van der Waals surface area contributed by atoms with E-state index in [-0.39, 0.29) is 0 Å². The van der Waals surface area contributed by atoms with Crippen LogP contribution in [-0.4, -0.2) is 10.7 Å². The Hall–Kier alpha value is -0.300. The lowest BCUT2D eigenvalue weighted by Crippen LogP contribution is -2.41. The second-order valence-electron chi connectivity index (χ2n) is 9.20. The summed E-state index contributed by atoms with van der Waals surface area (Å²) in [5.41, 5.74) is 1.61. The Morgan fingerprint density at radius 1 is 1.19 bits per heavy atom. The van der Waals surface area contributed by atoms with Gasteiger partial charge in [0.25, 0.3) is 0 Å². The highest BCUT2D eigenvalue weighted by molar-refractivity contribution is 5.25. The maximum atomic E-state index is 11.1. The van der Waals surface area contributed by atoms with Crippen molar-refractivity contribution in [2.75, 3.05) is 0 Å². The maximum Gasteiger partial charge on any atom is 0.0684 e. The molecule has 3 aliphatic rings. The fourth-order valence-corrected chi connectivity index (χ4v) is 5.90. The molecule has 0 saturated heterocycles. The lowest BCUT2D eigenvalue weighted by atomic mass is 9.64.